The molecule has 0 aliphatic carbocycles. The molecule has 2 aromatic rings. The van der Waals surface area contributed by atoms with Gasteiger partial charge in [-0.3, -0.25) is 9.59 Å². The van der Waals surface area contributed by atoms with Crippen LogP contribution in [-0.2, 0) is 11.3 Å². The number of ether oxygens (including phenoxy) is 1. The number of rotatable bonds is 8. The number of carbonyl (C=O) groups excluding carboxylic acids is 2. The van der Waals surface area contributed by atoms with Crippen molar-refractivity contribution in [3.05, 3.63) is 70.2 Å². The Hall–Kier alpha value is -2.37. The van der Waals surface area contributed by atoms with Crippen molar-refractivity contribution in [1.29, 1.82) is 0 Å². The highest BCUT2D eigenvalue weighted by atomic mass is 35.5. The van der Waals surface area contributed by atoms with Crippen molar-refractivity contribution in [3.8, 4) is 0 Å². The smallest absolute Gasteiger partial charge is 0.251 e. The maximum absolute atomic E-state index is 12.3. The molecule has 0 saturated carbocycles. The second-order valence-electron chi connectivity index (χ2n) is 5.46. The Kier molecular flexibility index (Phi) is 7.44. The number of benzene rings is 2. The highest BCUT2D eigenvalue weighted by Crippen LogP contribution is 2.14. The first kappa shape index (κ1) is 19.0. The van der Waals surface area contributed by atoms with Gasteiger partial charge in [-0.1, -0.05) is 35.9 Å². The highest BCUT2D eigenvalue weighted by molar-refractivity contribution is 6.31. The lowest BCUT2D eigenvalue weighted by Crippen LogP contribution is -2.26. The number of halogens is 1. The van der Waals surface area contributed by atoms with E-state index in [1.54, 1.807) is 37.4 Å². The summed E-state index contributed by atoms with van der Waals surface area (Å²) in [5.74, 6) is -0.467. The fourth-order valence-corrected chi connectivity index (χ4v) is 2.44. The summed E-state index contributed by atoms with van der Waals surface area (Å²) in [7, 11) is 1.62. The van der Waals surface area contributed by atoms with Gasteiger partial charge in [0.15, 0.2) is 0 Å². The van der Waals surface area contributed by atoms with Crippen LogP contribution in [0.1, 0.15) is 32.7 Å². The zero-order chi connectivity index (χ0) is 18.1. The minimum Gasteiger partial charge on any atom is -0.385 e. The van der Waals surface area contributed by atoms with Crippen molar-refractivity contribution in [2.45, 2.75) is 13.0 Å². The molecule has 0 aliphatic heterocycles. The van der Waals surface area contributed by atoms with E-state index in [9.17, 15) is 9.59 Å². The van der Waals surface area contributed by atoms with Crippen LogP contribution >= 0.6 is 11.6 Å². The van der Waals surface area contributed by atoms with Gasteiger partial charge in [0, 0.05) is 43.0 Å². The van der Waals surface area contributed by atoms with E-state index < -0.39 is 0 Å². The van der Waals surface area contributed by atoms with E-state index in [0.29, 0.717) is 35.8 Å². The molecule has 0 bridgehead atoms. The van der Waals surface area contributed by atoms with Gasteiger partial charge in [0.25, 0.3) is 11.8 Å². The second kappa shape index (κ2) is 9.81. The maximum atomic E-state index is 12.3. The third kappa shape index (κ3) is 5.89. The number of hydrogen-bond acceptors (Lipinski definition) is 3. The third-order valence-corrected chi connectivity index (χ3v) is 3.96. The van der Waals surface area contributed by atoms with Crippen molar-refractivity contribution in [1.82, 2.24) is 10.6 Å². The Morgan fingerprint density at radius 3 is 2.36 bits per heavy atom. The van der Waals surface area contributed by atoms with E-state index in [-0.39, 0.29) is 11.8 Å². The molecule has 0 heterocycles. The molecule has 6 heteroatoms. The van der Waals surface area contributed by atoms with Crippen LogP contribution in [0.3, 0.4) is 0 Å². The van der Waals surface area contributed by atoms with Crippen LogP contribution < -0.4 is 10.6 Å². The largest absolute Gasteiger partial charge is 0.385 e. The van der Waals surface area contributed by atoms with Crippen LogP contribution in [0.4, 0.5) is 0 Å². The van der Waals surface area contributed by atoms with Gasteiger partial charge in [0.2, 0.25) is 0 Å². The quantitative estimate of drug-likeness (QED) is 0.711. The summed E-state index contributed by atoms with van der Waals surface area (Å²) >= 11 is 6.08. The highest BCUT2D eigenvalue weighted by Gasteiger charge is 2.10. The number of nitrogens with one attached hydrogen (secondary N) is 2. The number of hydrogen-bond donors (Lipinski definition) is 2. The molecule has 132 valence electrons. The van der Waals surface area contributed by atoms with Crippen molar-refractivity contribution in [2.75, 3.05) is 20.3 Å². The summed E-state index contributed by atoms with van der Waals surface area (Å²) in [5.41, 5.74) is 1.71. The Morgan fingerprint density at radius 2 is 1.68 bits per heavy atom. The Balaban J connectivity index is 1.94. The minimum absolute atomic E-state index is 0.211. The van der Waals surface area contributed by atoms with Crippen LogP contribution in [0.15, 0.2) is 48.5 Å². The van der Waals surface area contributed by atoms with E-state index in [2.05, 4.69) is 10.6 Å². The van der Waals surface area contributed by atoms with E-state index in [4.69, 9.17) is 16.3 Å². The topological polar surface area (TPSA) is 67.4 Å². The molecule has 0 radical (unpaired) electrons. The first-order chi connectivity index (χ1) is 12.1. The monoisotopic (exact) mass is 360 g/mol. The minimum atomic E-state index is -0.256. The molecule has 0 saturated heterocycles. The summed E-state index contributed by atoms with van der Waals surface area (Å²) in [5, 5.41) is 6.21. The molecule has 2 N–H and O–H groups in total. The van der Waals surface area contributed by atoms with Crippen LogP contribution in [0.2, 0.25) is 5.02 Å². The Labute approximate surface area is 152 Å². The summed E-state index contributed by atoms with van der Waals surface area (Å²) in [6.45, 7) is 1.44. The summed E-state index contributed by atoms with van der Waals surface area (Å²) in [6.07, 6.45) is 0.736. The lowest BCUT2D eigenvalue weighted by molar-refractivity contribution is 0.0948. The maximum Gasteiger partial charge on any atom is 0.251 e. The molecule has 0 aliphatic rings. The van der Waals surface area contributed by atoms with Gasteiger partial charge >= 0.3 is 0 Å². The Bertz CT molecular complexity index is 734. The van der Waals surface area contributed by atoms with Crippen LogP contribution in [0, 0.1) is 0 Å². The molecule has 5 nitrogen and oxygen atoms in total. The van der Waals surface area contributed by atoms with Gasteiger partial charge in [-0.2, -0.15) is 0 Å². The SMILES string of the molecule is COCCCNC(=O)c1cccc(C(=O)NCc2ccccc2Cl)c1. The number of amides is 2. The molecule has 0 aromatic heterocycles. The fourth-order valence-electron chi connectivity index (χ4n) is 2.24. The predicted molar refractivity (Wildman–Crippen MR) is 97.9 cm³/mol. The van der Waals surface area contributed by atoms with E-state index in [1.165, 1.54) is 0 Å². The van der Waals surface area contributed by atoms with Crippen molar-refractivity contribution in [3.63, 3.8) is 0 Å². The average molecular weight is 361 g/mol. The second-order valence-corrected chi connectivity index (χ2v) is 5.86. The van der Waals surface area contributed by atoms with Gasteiger partial charge in [-0.25, -0.2) is 0 Å². The van der Waals surface area contributed by atoms with Gasteiger partial charge in [0.05, 0.1) is 0 Å². The van der Waals surface area contributed by atoms with Crippen molar-refractivity contribution in [2.24, 2.45) is 0 Å². The average Bonchev–Trinajstić information content (AvgIpc) is 2.64. The molecular weight excluding hydrogens is 340 g/mol. The molecular formula is C19H21ClN2O3. The lowest BCUT2D eigenvalue weighted by Gasteiger charge is -2.09. The van der Waals surface area contributed by atoms with Crippen molar-refractivity contribution >= 4 is 23.4 Å². The fraction of sp³-hybridized carbons (Fsp3) is 0.263. The summed E-state index contributed by atoms with van der Waals surface area (Å²) in [6, 6.07) is 13.9. The molecule has 0 spiro atoms. The van der Waals surface area contributed by atoms with Crippen LogP contribution in [0.25, 0.3) is 0 Å². The number of methoxy groups -OCH3 is 1. The van der Waals surface area contributed by atoms with Crippen LogP contribution in [0.5, 0.6) is 0 Å². The molecule has 2 aromatic carbocycles. The van der Waals surface area contributed by atoms with Crippen molar-refractivity contribution < 1.29 is 14.3 Å². The molecule has 0 atom stereocenters. The first-order valence-electron chi connectivity index (χ1n) is 8.00. The first-order valence-corrected chi connectivity index (χ1v) is 8.38. The lowest BCUT2D eigenvalue weighted by atomic mass is 10.1. The van der Waals surface area contributed by atoms with Gasteiger partial charge < -0.3 is 15.4 Å². The summed E-state index contributed by atoms with van der Waals surface area (Å²) < 4.78 is 4.94. The van der Waals surface area contributed by atoms with Gasteiger partial charge in [-0.15, -0.1) is 0 Å². The molecule has 0 fully saturated rings. The van der Waals surface area contributed by atoms with Crippen LogP contribution in [-0.4, -0.2) is 32.1 Å². The predicted octanol–water partition coefficient (Wildman–Crippen LogP) is 3.04. The molecule has 2 amide bonds. The summed E-state index contributed by atoms with van der Waals surface area (Å²) in [4.78, 5) is 24.4. The van der Waals surface area contributed by atoms with E-state index in [0.717, 1.165) is 12.0 Å². The third-order valence-electron chi connectivity index (χ3n) is 3.59. The molecule has 0 unspecified atom stereocenters. The Morgan fingerprint density at radius 1 is 1.00 bits per heavy atom. The zero-order valence-electron chi connectivity index (χ0n) is 14.0. The van der Waals surface area contributed by atoms with Gasteiger partial charge in [-0.05, 0) is 36.2 Å². The zero-order valence-corrected chi connectivity index (χ0v) is 14.8. The van der Waals surface area contributed by atoms with E-state index >= 15 is 0 Å². The number of carbonyl (C=O) groups is 2. The molecule has 2 rings (SSSR count). The van der Waals surface area contributed by atoms with Gasteiger partial charge in [0.1, 0.15) is 0 Å². The van der Waals surface area contributed by atoms with E-state index in [1.807, 2.05) is 18.2 Å². The standard InChI is InChI=1S/C19H21ClN2O3/c1-25-11-5-10-21-18(23)14-7-4-8-15(12-14)19(24)22-13-16-6-2-3-9-17(16)20/h2-4,6-9,12H,5,10-11,13H2,1H3,(H,21,23)(H,22,24). The molecule has 25 heavy (non-hydrogen) atoms. The normalized spacial score (nSPS) is 10.3.